The van der Waals surface area contributed by atoms with Crippen LogP contribution in [0.4, 0.5) is 0 Å². The Labute approximate surface area is 115 Å². The zero-order chi connectivity index (χ0) is 13.8. The number of thiophene rings is 1. The van der Waals surface area contributed by atoms with E-state index in [1.165, 1.54) is 17.4 Å². The molecule has 0 spiro atoms. The SMILES string of the molecule is CC(=O)c1ccccc1-c1ccc(/C=C\C(N)=O)s1. The Morgan fingerprint density at radius 3 is 2.58 bits per heavy atom. The lowest BCUT2D eigenvalue weighted by Crippen LogP contribution is -2.04. The number of carbonyl (C=O) groups is 2. The summed E-state index contributed by atoms with van der Waals surface area (Å²) in [7, 11) is 0. The Bertz CT molecular complexity index is 656. The van der Waals surface area contributed by atoms with Crippen LogP contribution < -0.4 is 5.73 Å². The van der Waals surface area contributed by atoms with Crippen molar-refractivity contribution in [2.24, 2.45) is 5.73 Å². The molecule has 2 rings (SSSR count). The van der Waals surface area contributed by atoms with Gasteiger partial charge in [0.15, 0.2) is 5.78 Å². The lowest BCUT2D eigenvalue weighted by Gasteiger charge is -2.03. The second-order valence-corrected chi connectivity index (χ2v) is 5.15. The molecule has 2 N–H and O–H groups in total. The predicted octanol–water partition coefficient (Wildman–Crippen LogP) is 3.12. The van der Waals surface area contributed by atoms with Crippen LogP contribution in [0.3, 0.4) is 0 Å². The van der Waals surface area contributed by atoms with E-state index < -0.39 is 5.91 Å². The van der Waals surface area contributed by atoms with Gasteiger partial charge in [0.25, 0.3) is 0 Å². The van der Waals surface area contributed by atoms with Crippen molar-refractivity contribution in [3.63, 3.8) is 0 Å². The number of rotatable bonds is 4. The summed E-state index contributed by atoms with van der Waals surface area (Å²) in [5.74, 6) is -0.433. The number of amides is 1. The van der Waals surface area contributed by atoms with Gasteiger partial charge >= 0.3 is 0 Å². The molecule has 0 radical (unpaired) electrons. The lowest BCUT2D eigenvalue weighted by atomic mass is 10.0. The number of primary amides is 1. The number of carbonyl (C=O) groups excluding carboxylic acids is 2. The molecule has 0 saturated carbocycles. The van der Waals surface area contributed by atoms with Crippen LogP contribution >= 0.6 is 11.3 Å². The molecular formula is C15H13NO2S. The van der Waals surface area contributed by atoms with Gasteiger partial charge in [0.1, 0.15) is 0 Å². The van der Waals surface area contributed by atoms with Gasteiger partial charge in [-0.3, -0.25) is 9.59 Å². The van der Waals surface area contributed by atoms with Crippen molar-refractivity contribution in [2.75, 3.05) is 0 Å². The van der Waals surface area contributed by atoms with Crippen LogP contribution in [0.1, 0.15) is 22.2 Å². The molecule has 0 aliphatic carbocycles. The van der Waals surface area contributed by atoms with Gasteiger partial charge in [-0.05, 0) is 25.1 Å². The highest BCUT2D eigenvalue weighted by Crippen LogP contribution is 2.31. The topological polar surface area (TPSA) is 60.2 Å². The number of hydrogen-bond acceptors (Lipinski definition) is 3. The summed E-state index contributed by atoms with van der Waals surface area (Å²) < 4.78 is 0. The van der Waals surface area contributed by atoms with Crippen molar-refractivity contribution < 1.29 is 9.59 Å². The van der Waals surface area contributed by atoms with Crippen LogP contribution in [0.15, 0.2) is 42.5 Å². The van der Waals surface area contributed by atoms with Gasteiger partial charge in [0.05, 0.1) is 0 Å². The Hall–Kier alpha value is -2.20. The molecule has 0 aliphatic heterocycles. The zero-order valence-electron chi connectivity index (χ0n) is 10.4. The number of hydrogen-bond donors (Lipinski definition) is 1. The average molecular weight is 271 g/mol. The molecule has 3 nitrogen and oxygen atoms in total. The molecule has 2 aromatic rings. The first kappa shape index (κ1) is 13.2. The smallest absolute Gasteiger partial charge is 0.241 e. The van der Waals surface area contributed by atoms with Crippen molar-refractivity contribution in [3.05, 3.63) is 52.9 Å². The molecule has 19 heavy (non-hydrogen) atoms. The Morgan fingerprint density at radius 1 is 1.16 bits per heavy atom. The van der Waals surface area contributed by atoms with Crippen LogP contribution in [0.25, 0.3) is 16.5 Å². The van der Waals surface area contributed by atoms with Crippen molar-refractivity contribution in [3.8, 4) is 10.4 Å². The van der Waals surface area contributed by atoms with Gasteiger partial charge in [-0.2, -0.15) is 0 Å². The largest absolute Gasteiger partial charge is 0.366 e. The van der Waals surface area contributed by atoms with Crippen LogP contribution in [0.5, 0.6) is 0 Å². The van der Waals surface area contributed by atoms with Crippen molar-refractivity contribution in [2.45, 2.75) is 6.92 Å². The third-order valence-electron chi connectivity index (χ3n) is 2.61. The summed E-state index contributed by atoms with van der Waals surface area (Å²) in [5.41, 5.74) is 6.68. The monoisotopic (exact) mass is 271 g/mol. The molecule has 0 unspecified atom stereocenters. The first-order valence-corrected chi connectivity index (χ1v) is 6.57. The molecule has 1 heterocycles. The fourth-order valence-electron chi connectivity index (χ4n) is 1.76. The van der Waals surface area contributed by atoms with E-state index in [1.54, 1.807) is 13.0 Å². The van der Waals surface area contributed by atoms with Crippen LogP contribution in [-0.2, 0) is 4.79 Å². The average Bonchev–Trinajstić information content (AvgIpc) is 2.85. The van der Waals surface area contributed by atoms with Gasteiger partial charge in [0.2, 0.25) is 5.91 Å². The molecule has 96 valence electrons. The summed E-state index contributed by atoms with van der Waals surface area (Å²) in [4.78, 5) is 24.2. The standard InChI is InChI=1S/C15H13NO2S/c1-10(17)12-4-2-3-5-13(12)14-8-6-11(19-14)7-9-15(16)18/h2-9H,1H3,(H2,16,18)/b9-7-. The van der Waals surface area contributed by atoms with Gasteiger partial charge in [-0.1, -0.05) is 24.3 Å². The minimum absolute atomic E-state index is 0.0400. The van der Waals surface area contributed by atoms with Crippen molar-refractivity contribution >= 4 is 29.1 Å². The molecule has 0 bridgehead atoms. The van der Waals surface area contributed by atoms with Crippen molar-refractivity contribution in [1.82, 2.24) is 0 Å². The van der Waals surface area contributed by atoms with Gasteiger partial charge < -0.3 is 5.73 Å². The van der Waals surface area contributed by atoms with Crippen LogP contribution in [-0.4, -0.2) is 11.7 Å². The molecular weight excluding hydrogens is 258 g/mol. The highest BCUT2D eigenvalue weighted by Gasteiger charge is 2.09. The number of nitrogens with two attached hydrogens (primary N) is 1. The molecule has 1 aromatic carbocycles. The molecule has 0 saturated heterocycles. The fraction of sp³-hybridized carbons (Fsp3) is 0.0667. The number of benzene rings is 1. The Morgan fingerprint density at radius 2 is 1.89 bits per heavy atom. The van der Waals surface area contributed by atoms with E-state index in [9.17, 15) is 9.59 Å². The molecule has 0 atom stereocenters. The van der Waals surface area contributed by atoms with E-state index in [4.69, 9.17) is 5.73 Å². The van der Waals surface area contributed by atoms with Gasteiger partial charge in [-0.25, -0.2) is 0 Å². The maximum atomic E-state index is 11.6. The van der Waals surface area contributed by atoms with E-state index >= 15 is 0 Å². The predicted molar refractivity (Wildman–Crippen MR) is 78.0 cm³/mol. The second-order valence-electron chi connectivity index (χ2n) is 4.04. The van der Waals surface area contributed by atoms with Crippen LogP contribution in [0, 0.1) is 0 Å². The quantitative estimate of drug-likeness (QED) is 0.686. The summed E-state index contributed by atoms with van der Waals surface area (Å²) in [5, 5.41) is 0. The third-order valence-corrected chi connectivity index (χ3v) is 3.69. The number of ketones is 1. The maximum Gasteiger partial charge on any atom is 0.241 e. The van der Waals surface area contributed by atoms with E-state index in [-0.39, 0.29) is 5.78 Å². The van der Waals surface area contributed by atoms with Gasteiger partial charge in [-0.15, -0.1) is 11.3 Å². The molecule has 1 aromatic heterocycles. The summed E-state index contributed by atoms with van der Waals surface area (Å²) in [6.07, 6.45) is 3.00. The lowest BCUT2D eigenvalue weighted by molar-refractivity contribution is -0.113. The van der Waals surface area contributed by atoms with E-state index in [0.29, 0.717) is 5.56 Å². The minimum atomic E-state index is -0.473. The third kappa shape index (κ3) is 3.17. The van der Waals surface area contributed by atoms with E-state index in [1.807, 2.05) is 36.4 Å². The summed E-state index contributed by atoms with van der Waals surface area (Å²) in [6.45, 7) is 1.56. The van der Waals surface area contributed by atoms with E-state index in [2.05, 4.69) is 0 Å². The molecule has 4 heteroatoms. The normalized spacial score (nSPS) is 10.8. The van der Waals surface area contributed by atoms with E-state index in [0.717, 1.165) is 15.3 Å². The highest BCUT2D eigenvalue weighted by molar-refractivity contribution is 7.16. The Balaban J connectivity index is 2.38. The number of Topliss-reactive ketones (excluding diaryl/α,β-unsaturated/α-hetero) is 1. The first-order chi connectivity index (χ1) is 9.08. The fourth-order valence-corrected chi connectivity index (χ4v) is 2.71. The maximum absolute atomic E-state index is 11.6. The van der Waals surface area contributed by atoms with Crippen LogP contribution in [0.2, 0.25) is 0 Å². The minimum Gasteiger partial charge on any atom is -0.366 e. The second kappa shape index (κ2) is 5.63. The molecule has 1 amide bonds. The Kier molecular flexibility index (Phi) is 3.92. The van der Waals surface area contributed by atoms with Gasteiger partial charge in [0, 0.05) is 27.0 Å². The zero-order valence-corrected chi connectivity index (χ0v) is 11.2. The first-order valence-electron chi connectivity index (χ1n) is 5.75. The molecule has 0 fully saturated rings. The summed E-state index contributed by atoms with van der Waals surface area (Å²) in [6, 6.07) is 11.3. The molecule has 0 aliphatic rings. The highest BCUT2D eigenvalue weighted by atomic mass is 32.1. The summed E-state index contributed by atoms with van der Waals surface area (Å²) >= 11 is 1.51. The van der Waals surface area contributed by atoms with Crippen molar-refractivity contribution in [1.29, 1.82) is 0 Å².